The summed E-state index contributed by atoms with van der Waals surface area (Å²) in [5, 5.41) is -0.270. The Kier molecular flexibility index (Phi) is 4.64. The standard InChI is InChI=1S/C18H12Cl2O6/c1-7-5-4-6-10-14(23)11-16(24-8(2)21)12(19)18(25-9(3)22)13(20)17(11)26-15(7)10/h4-6H,1-3H3. The summed E-state index contributed by atoms with van der Waals surface area (Å²) < 4.78 is 16.0. The van der Waals surface area contributed by atoms with Crippen LogP contribution in [0.2, 0.25) is 10.0 Å². The molecule has 0 atom stereocenters. The number of esters is 2. The molecule has 0 saturated carbocycles. The molecule has 3 rings (SSSR count). The van der Waals surface area contributed by atoms with Crippen LogP contribution in [0.25, 0.3) is 21.9 Å². The summed E-state index contributed by atoms with van der Waals surface area (Å²) in [7, 11) is 0. The number of hydrogen-bond acceptors (Lipinski definition) is 6. The lowest BCUT2D eigenvalue weighted by Gasteiger charge is -2.14. The van der Waals surface area contributed by atoms with Crippen LogP contribution in [0.5, 0.6) is 11.5 Å². The molecule has 0 bridgehead atoms. The van der Waals surface area contributed by atoms with E-state index in [1.165, 1.54) is 0 Å². The molecule has 0 spiro atoms. The summed E-state index contributed by atoms with van der Waals surface area (Å²) in [5.41, 5.74) is 0.460. The van der Waals surface area contributed by atoms with Gasteiger partial charge >= 0.3 is 11.9 Å². The molecule has 0 N–H and O–H groups in total. The topological polar surface area (TPSA) is 82.8 Å². The highest BCUT2D eigenvalue weighted by Crippen LogP contribution is 2.47. The van der Waals surface area contributed by atoms with Crippen LogP contribution in [-0.4, -0.2) is 11.9 Å². The summed E-state index contributed by atoms with van der Waals surface area (Å²) in [6.45, 7) is 4.07. The predicted octanol–water partition coefficient (Wildman–Crippen LogP) is 4.41. The van der Waals surface area contributed by atoms with E-state index in [9.17, 15) is 14.4 Å². The predicted molar refractivity (Wildman–Crippen MR) is 97.4 cm³/mol. The Balaban J connectivity index is 2.58. The molecule has 1 aromatic heterocycles. The van der Waals surface area contributed by atoms with E-state index in [4.69, 9.17) is 37.1 Å². The van der Waals surface area contributed by atoms with Crippen molar-refractivity contribution in [2.24, 2.45) is 0 Å². The van der Waals surface area contributed by atoms with E-state index < -0.39 is 17.4 Å². The van der Waals surface area contributed by atoms with E-state index >= 15 is 0 Å². The van der Waals surface area contributed by atoms with Gasteiger partial charge in [-0.05, 0) is 18.6 Å². The second-order valence-electron chi connectivity index (χ2n) is 5.56. The minimum atomic E-state index is -0.715. The second-order valence-corrected chi connectivity index (χ2v) is 6.32. The van der Waals surface area contributed by atoms with Crippen molar-refractivity contribution in [2.75, 3.05) is 0 Å². The molecule has 0 saturated heterocycles. The number of carbonyl (C=O) groups excluding carboxylic acids is 2. The van der Waals surface area contributed by atoms with Crippen LogP contribution < -0.4 is 14.9 Å². The van der Waals surface area contributed by atoms with Gasteiger partial charge in [0.1, 0.15) is 21.0 Å². The monoisotopic (exact) mass is 394 g/mol. The molecular formula is C18H12Cl2O6. The zero-order valence-electron chi connectivity index (χ0n) is 13.9. The van der Waals surface area contributed by atoms with Crippen molar-refractivity contribution < 1.29 is 23.5 Å². The third-order valence-electron chi connectivity index (χ3n) is 3.63. The first-order chi connectivity index (χ1) is 12.2. The summed E-state index contributed by atoms with van der Waals surface area (Å²) in [5.74, 6) is -1.93. The van der Waals surface area contributed by atoms with Crippen LogP contribution in [0, 0.1) is 6.92 Å². The van der Waals surface area contributed by atoms with Crippen molar-refractivity contribution in [3.05, 3.63) is 44.0 Å². The number of ether oxygens (including phenoxy) is 2. The minimum absolute atomic E-state index is 0.0876. The van der Waals surface area contributed by atoms with Gasteiger partial charge in [0, 0.05) is 13.8 Å². The minimum Gasteiger partial charge on any atom is -0.454 e. The summed E-state index contributed by atoms with van der Waals surface area (Å²) in [4.78, 5) is 35.9. The maximum absolute atomic E-state index is 13.0. The van der Waals surface area contributed by atoms with Crippen LogP contribution in [0.3, 0.4) is 0 Å². The Morgan fingerprint density at radius 2 is 1.58 bits per heavy atom. The molecule has 0 fully saturated rings. The highest BCUT2D eigenvalue weighted by molar-refractivity contribution is 6.42. The zero-order valence-corrected chi connectivity index (χ0v) is 15.4. The molecule has 2 aromatic carbocycles. The number of fused-ring (bicyclic) bond motifs is 2. The fourth-order valence-electron chi connectivity index (χ4n) is 2.60. The summed E-state index contributed by atoms with van der Waals surface area (Å²) in [6.07, 6.45) is 0. The fraction of sp³-hybridized carbons (Fsp3) is 0.167. The van der Waals surface area contributed by atoms with Crippen molar-refractivity contribution in [1.29, 1.82) is 0 Å². The van der Waals surface area contributed by atoms with Crippen LogP contribution in [0.15, 0.2) is 27.4 Å². The Morgan fingerprint density at radius 3 is 2.19 bits per heavy atom. The van der Waals surface area contributed by atoms with Gasteiger partial charge in [0.15, 0.2) is 17.1 Å². The van der Waals surface area contributed by atoms with E-state index in [0.717, 1.165) is 13.8 Å². The normalized spacial score (nSPS) is 11.0. The highest BCUT2D eigenvalue weighted by atomic mass is 35.5. The van der Waals surface area contributed by atoms with Crippen molar-refractivity contribution in [3.63, 3.8) is 0 Å². The smallest absolute Gasteiger partial charge is 0.308 e. The van der Waals surface area contributed by atoms with E-state index in [-0.39, 0.29) is 37.9 Å². The number of benzene rings is 2. The summed E-state index contributed by atoms with van der Waals surface area (Å²) in [6, 6.07) is 5.04. The van der Waals surface area contributed by atoms with Gasteiger partial charge in [-0.2, -0.15) is 0 Å². The first-order valence-corrected chi connectivity index (χ1v) is 8.22. The third kappa shape index (κ3) is 2.91. The maximum Gasteiger partial charge on any atom is 0.308 e. The number of halogens is 2. The first-order valence-electron chi connectivity index (χ1n) is 7.46. The molecule has 0 aliphatic heterocycles. The Labute approximate surface area is 157 Å². The lowest BCUT2D eigenvalue weighted by molar-refractivity contribution is -0.132. The van der Waals surface area contributed by atoms with Crippen molar-refractivity contribution in [2.45, 2.75) is 20.8 Å². The lowest BCUT2D eigenvalue weighted by atomic mass is 10.1. The number of aryl methyl sites for hydroxylation is 1. The van der Waals surface area contributed by atoms with Gasteiger partial charge in [0.2, 0.25) is 5.43 Å². The fourth-order valence-corrected chi connectivity index (χ4v) is 3.18. The number of hydrogen-bond donors (Lipinski definition) is 0. The Hall–Kier alpha value is -2.57. The largest absolute Gasteiger partial charge is 0.454 e. The summed E-state index contributed by atoms with van der Waals surface area (Å²) >= 11 is 12.5. The van der Waals surface area contributed by atoms with Gasteiger partial charge in [0.05, 0.1) is 5.39 Å². The molecule has 134 valence electrons. The van der Waals surface area contributed by atoms with Crippen molar-refractivity contribution in [1.82, 2.24) is 0 Å². The van der Waals surface area contributed by atoms with Gasteiger partial charge in [-0.15, -0.1) is 0 Å². The van der Waals surface area contributed by atoms with Gasteiger partial charge in [0.25, 0.3) is 0 Å². The average Bonchev–Trinajstić information content (AvgIpc) is 2.56. The number of carbonyl (C=O) groups is 2. The molecule has 0 aliphatic rings. The molecule has 0 amide bonds. The van der Waals surface area contributed by atoms with E-state index in [0.29, 0.717) is 11.1 Å². The first kappa shape index (κ1) is 18.2. The van der Waals surface area contributed by atoms with Gasteiger partial charge < -0.3 is 13.9 Å². The molecule has 0 aliphatic carbocycles. The molecule has 0 unspecified atom stereocenters. The van der Waals surface area contributed by atoms with Crippen LogP contribution in [0.4, 0.5) is 0 Å². The van der Waals surface area contributed by atoms with E-state index in [2.05, 4.69) is 0 Å². The SMILES string of the molecule is CC(=O)Oc1c(Cl)c(OC(C)=O)c2c(=O)c3cccc(C)c3oc2c1Cl. The highest BCUT2D eigenvalue weighted by Gasteiger charge is 2.27. The molecule has 1 heterocycles. The molecule has 0 radical (unpaired) electrons. The van der Waals surface area contributed by atoms with E-state index in [1.807, 2.05) is 0 Å². The van der Waals surface area contributed by atoms with Crippen LogP contribution >= 0.6 is 23.2 Å². The van der Waals surface area contributed by atoms with Crippen molar-refractivity contribution >= 4 is 57.1 Å². The van der Waals surface area contributed by atoms with Crippen molar-refractivity contribution in [3.8, 4) is 11.5 Å². The quantitative estimate of drug-likeness (QED) is 0.363. The molecule has 6 nitrogen and oxygen atoms in total. The Bertz CT molecular complexity index is 1150. The molecular weight excluding hydrogens is 383 g/mol. The molecule has 3 aromatic rings. The Morgan fingerprint density at radius 1 is 0.962 bits per heavy atom. The number of rotatable bonds is 2. The van der Waals surface area contributed by atoms with Gasteiger partial charge in [-0.1, -0.05) is 35.3 Å². The number of para-hydroxylation sites is 1. The molecule has 8 heteroatoms. The molecule has 26 heavy (non-hydrogen) atoms. The third-order valence-corrected chi connectivity index (χ3v) is 4.32. The van der Waals surface area contributed by atoms with Gasteiger partial charge in [-0.25, -0.2) is 0 Å². The average molecular weight is 395 g/mol. The lowest BCUT2D eigenvalue weighted by Crippen LogP contribution is -2.11. The second kappa shape index (κ2) is 6.63. The van der Waals surface area contributed by atoms with Crippen LogP contribution in [0.1, 0.15) is 19.4 Å². The van der Waals surface area contributed by atoms with Crippen LogP contribution in [-0.2, 0) is 9.59 Å². The van der Waals surface area contributed by atoms with Gasteiger partial charge in [-0.3, -0.25) is 14.4 Å². The van der Waals surface area contributed by atoms with E-state index in [1.54, 1.807) is 25.1 Å². The zero-order chi connectivity index (χ0) is 19.2. The maximum atomic E-state index is 13.0.